The Labute approximate surface area is 116 Å². The Balaban J connectivity index is 2.10. The summed E-state index contributed by atoms with van der Waals surface area (Å²) < 4.78 is 0. The van der Waals surface area contributed by atoms with Crippen molar-refractivity contribution in [1.29, 1.82) is 5.26 Å². The van der Waals surface area contributed by atoms with Gasteiger partial charge in [-0.3, -0.25) is 0 Å². The molecule has 0 saturated heterocycles. The lowest BCUT2D eigenvalue weighted by molar-refractivity contribution is 0.350. The third kappa shape index (κ3) is 2.92. The van der Waals surface area contributed by atoms with Crippen LogP contribution in [0.2, 0.25) is 0 Å². The predicted octanol–water partition coefficient (Wildman–Crippen LogP) is 4.48. The Bertz CT molecular complexity index is 477. The second-order valence-electron chi connectivity index (χ2n) is 6.89. The summed E-state index contributed by atoms with van der Waals surface area (Å²) in [5.41, 5.74) is 2.21. The summed E-state index contributed by atoms with van der Waals surface area (Å²) in [6.45, 7) is 8.58. The van der Waals surface area contributed by atoms with E-state index in [2.05, 4.69) is 49.5 Å². The van der Waals surface area contributed by atoms with Crippen LogP contribution in [0.3, 0.4) is 0 Å². The van der Waals surface area contributed by atoms with Gasteiger partial charge in [0.05, 0.1) is 11.5 Å². The number of hydrogen-bond donors (Lipinski definition) is 1. The highest BCUT2D eigenvalue weighted by molar-refractivity contribution is 5.48. The number of hydrogen-bond acceptors (Lipinski definition) is 2. The van der Waals surface area contributed by atoms with E-state index in [1.165, 1.54) is 19.3 Å². The van der Waals surface area contributed by atoms with Crippen molar-refractivity contribution in [2.24, 2.45) is 5.41 Å². The van der Waals surface area contributed by atoms with Gasteiger partial charge < -0.3 is 5.32 Å². The molecule has 1 fully saturated rings. The Morgan fingerprint density at radius 3 is 2.37 bits per heavy atom. The van der Waals surface area contributed by atoms with Crippen LogP contribution in [0, 0.1) is 16.7 Å². The van der Waals surface area contributed by atoms with E-state index < -0.39 is 5.41 Å². The van der Waals surface area contributed by atoms with Crippen LogP contribution in [0.15, 0.2) is 24.3 Å². The maximum absolute atomic E-state index is 9.15. The van der Waals surface area contributed by atoms with E-state index in [0.717, 1.165) is 11.3 Å². The molecule has 0 aliphatic heterocycles. The normalized spacial score (nSPS) is 21.9. The summed E-state index contributed by atoms with van der Waals surface area (Å²) in [4.78, 5) is 0. The Hall–Kier alpha value is -1.49. The van der Waals surface area contributed by atoms with Crippen LogP contribution >= 0.6 is 0 Å². The first-order valence-corrected chi connectivity index (χ1v) is 7.13. The highest BCUT2D eigenvalue weighted by Gasteiger charge is 2.34. The fourth-order valence-electron chi connectivity index (χ4n) is 2.84. The zero-order valence-corrected chi connectivity index (χ0v) is 12.5. The summed E-state index contributed by atoms with van der Waals surface area (Å²) in [6.07, 6.45) is 3.85. The fourth-order valence-corrected chi connectivity index (χ4v) is 2.84. The molecule has 1 unspecified atom stereocenters. The number of nitrogens with zero attached hydrogens (tertiary/aromatic N) is 1. The summed E-state index contributed by atoms with van der Waals surface area (Å²) in [6, 6.07) is 11.2. The molecule has 2 heteroatoms. The molecule has 19 heavy (non-hydrogen) atoms. The van der Waals surface area contributed by atoms with Crippen LogP contribution in [0.5, 0.6) is 0 Å². The molecule has 0 bridgehead atoms. The molecular weight excluding hydrogens is 232 g/mol. The van der Waals surface area contributed by atoms with E-state index in [0.29, 0.717) is 11.5 Å². The summed E-state index contributed by atoms with van der Waals surface area (Å²) in [5.74, 6) is 0. The summed E-state index contributed by atoms with van der Waals surface area (Å²) in [5, 5.41) is 12.8. The van der Waals surface area contributed by atoms with E-state index in [1.54, 1.807) is 0 Å². The van der Waals surface area contributed by atoms with Crippen molar-refractivity contribution in [1.82, 2.24) is 0 Å². The molecule has 1 aromatic rings. The highest BCUT2D eigenvalue weighted by Crippen LogP contribution is 2.39. The van der Waals surface area contributed by atoms with Crippen molar-refractivity contribution in [2.45, 2.75) is 58.4 Å². The topological polar surface area (TPSA) is 35.8 Å². The molecule has 1 atom stereocenters. The van der Waals surface area contributed by atoms with Crippen molar-refractivity contribution < 1.29 is 0 Å². The Kier molecular flexibility index (Phi) is 3.58. The van der Waals surface area contributed by atoms with Crippen LogP contribution in [-0.4, -0.2) is 6.04 Å². The molecule has 0 amide bonds. The van der Waals surface area contributed by atoms with Crippen LogP contribution < -0.4 is 5.32 Å². The van der Waals surface area contributed by atoms with Gasteiger partial charge in [0, 0.05) is 11.7 Å². The van der Waals surface area contributed by atoms with Crippen molar-refractivity contribution in [3.05, 3.63) is 29.8 Å². The van der Waals surface area contributed by atoms with E-state index in [1.807, 2.05) is 13.8 Å². The molecule has 102 valence electrons. The minimum atomic E-state index is -0.412. The number of nitriles is 1. The molecule has 1 aromatic carbocycles. The van der Waals surface area contributed by atoms with Gasteiger partial charge in [0.15, 0.2) is 0 Å². The molecule has 0 radical (unpaired) electrons. The lowest BCUT2D eigenvalue weighted by Crippen LogP contribution is -2.30. The number of anilines is 1. The first-order chi connectivity index (χ1) is 8.85. The molecule has 1 N–H and O–H groups in total. The molecule has 1 aliphatic rings. The fraction of sp³-hybridized carbons (Fsp3) is 0.588. The van der Waals surface area contributed by atoms with E-state index >= 15 is 0 Å². The molecular formula is C17H24N2. The third-order valence-corrected chi connectivity index (χ3v) is 4.48. The molecule has 0 spiro atoms. The standard InChI is InChI=1S/C17H24N2/c1-16(2)11-5-6-15(16)19-14-9-7-13(8-10-14)17(3,4)12-18/h7-10,15,19H,5-6,11H2,1-4H3. The van der Waals surface area contributed by atoms with E-state index in [9.17, 15) is 0 Å². The largest absolute Gasteiger partial charge is 0.382 e. The van der Waals surface area contributed by atoms with Gasteiger partial charge in [0.1, 0.15) is 0 Å². The van der Waals surface area contributed by atoms with Crippen molar-refractivity contribution >= 4 is 5.69 Å². The number of benzene rings is 1. The zero-order valence-electron chi connectivity index (χ0n) is 12.5. The van der Waals surface area contributed by atoms with Gasteiger partial charge in [-0.05, 0) is 49.8 Å². The molecule has 0 heterocycles. The van der Waals surface area contributed by atoms with Crippen molar-refractivity contribution in [3.8, 4) is 6.07 Å². The zero-order chi connectivity index (χ0) is 14.1. The lowest BCUT2D eigenvalue weighted by atomic mass is 9.85. The number of rotatable bonds is 3. The monoisotopic (exact) mass is 256 g/mol. The molecule has 2 rings (SSSR count). The van der Waals surface area contributed by atoms with Gasteiger partial charge in [-0.15, -0.1) is 0 Å². The minimum absolute atomic E-state index is 0.380. The molecule has 0 aromatic heterocycles. The molecule has 2 nitrogen and oxygen atoms in total. The van der Waals surface area contributed by atoms with E-state index in [-0.39, 0.29) is 0 Å². The quantitative estimate of drug-likeness (QED) is 0.865. The Morgan fingerprint density at radius 1 is 1.26 bits per heavy atom. The number of nitrogens with one attached hydrogen (secondary N) is 1. The van der Waals surface area contributed by atoms with Crippen LogP contribution in [-0.2, 0) is 5.41 Å². The van der Waals surface area contributed by atoms with Crippen LogP contribution in [0.4, 0.5) is 5.69 Å². The molecule has 1 aliphatic carbocycles. The summed E-state index contributed by atoms with van der Waals surface area (Å²) in [7, 11) is 0. The van der Waals surface area contributed by atoms with Crippen molar-refractivity contribution in [2.75, 3.05) is 5.32 Å². The van der Waals surface area contributed by atoms with Crippen LogP contribution in [0.25, 0.3) is 0 Å². The average molecular weight is 256 g/mol. The van der Waals surface area contributed by atoms with Crippen molar-refractivity contribution in [3.63, 3.8) is 0 Å². The third-order valence-electron chi connectivity index (χ3n) is 4.48. The molecule has 1 saturated carbocycles. The minimum Gasteiger partial charge on any atom is -0.382 e. The van der Waals surface area contributed by atoms with Gasteiger partial charge in [0.25, 0.3) is 0 Å². The first-order valence-electron chi connectivity index (χ1n) is 7.13. The highest BCUT2D eigenvalue weighted by atomic mass is 14.9. The smallest absolute Gasteiger partial charge is 0.0766 e. The lowest BCUT2D eigenvalue weighted by Gasteiger charge is -2.29. The first kappa shape index (κ1) is 13.9. The van der Waals surface area contributed by atoms with Gasteiger partial charge in [0.2, 0.25) is 0 Å². The van der Waals surface area contributed by atoms with Crippen LogP contribution in [0.1, 0.15) is 52.5 Å². The van der Waals surface area contributed by atoms with E-state index in [4.69, 9.17) is 5.26 Å². The van der Waals surface area contributed by atoms with Gasteiger partial charge in [-0.1, -0.05) is 32.4 Å². The predicted molar refractivity (Wildman–Crippen MR) is 80.1 cm³/mol. The van der Waals surface area contributed by atoms with Gasteiger partial charge in [-0.25, -0.2) is 0 Å². The van der Waals surface area contributed by atoms with Gasteiger partial charge >= 0.3 is 0 Å². The SMILES string of the molecule is CC(C)(C#N)c1ccc(NC2CCCC2(C)C)cc1. The maximum atomic E-state index is 9.15. The summed E-state index contributed by atoms with van der Waals surface area (Å²) >= 11 is 0. The second-order valence-corrected chi connectivity index (χ2v) is 6.89. The average Bonchev–Trinajstić information content (AvgIpc) is 2.69. The Morgan fingerprint density at radius 2 is 1.89 bits per heavy atom. The maximum Gasteiger partial charge on any atom is 0.0766 e. The second kappa shape index (κ2) is 4.89. The van der Waals surface area contributed by atoms with Gasteiger partial charge in [-0.2, -0.15) is 5.26 Å².